The molecule has 1 fully saturated rings. The molecule has 0 unspecified atom stereocenters. The average molecular weight is 389 g/mol. The minimum Gasteiger partial charge on any atom is -0.456 e. The molecule has 1 aliphatic carbocycles. The summed E-state index contributed by atoms with van der Waals surface area (Å²) in [6, 6.07) is 8.27. The number of hydrogen-bond donors (Lipinski definition) is 1. The quantitative estimate of drug-likeness (QED) is 0.714. The second kappa shape index (κ2) is 10.4. The van der Waals surface area contributed by atoms with Crippen LogP contribution in [0.3, 0.4) is 0 Å². The van der Waals surface area contributed by atoms with E-state index in [9.17, 15) is 9.59 Å². The normalized spacial score (nSPS) is 15.9. The number of thiazole rings is 1. The largest absolute Gasteiger partial charge is 0.456 e. The third kappa shape index (κ3) is 6.61. The summed E-state index contributed by atoms with van der Waals surface area (Å²) >= 11 is 1.66. The number of hydrogen-bond acceptors (Lipinski definition) is 5. The molecule has 1 aromatic heterocycles. The molecule has 1 amide bonds. The molecule has 1 N–H and O–H groups in total. The Bertz CT molecular complexity index is 718. The topological polar surface area (TPSA) is 68.3 Å². The van der Waals surface area contributed by atoms with Crippen molar-refractivity contribution in [2.75, 3.05) is 6.61 Å². The monoisotopic (exact) mass is 388 g/mol. The molecule has 1 heterocycles. The van der Waals surface area contributed by atoms with Crippen LogP contribution < -0.4 is 5.32 Å². The van der Waals surface area contributed by atoms with Gasteiger partial charge >= 0.3 is 5.97 Å². The summed E-state index contributed by atoms with van der Waals surface area (Å²) in [7, 11) is 0. The van der Waals surface area contributed by atoms with E-state index < -0.39 is 0 Å². The fourth-order valence-electron chi connectivity index (χ4n) is 3.50. The zero-order chi connectivity index (χ0) is 18.9. The number of para-hydroxylation sites is 1. The average Bonchev–Trinajstić information content (AvgIpc) is 3.05. The molecule has 0 bridgehead atoms. The number of carbonyl (C=O) groups excluding carboxylic acids is 2. The Kier molecular flexibility index (Phi) is 7.63. The van der Waals surface area contributed by atoms with Crippen molar-refractivity contribution in [3.63, 3.8) is 0 Å². The van der Waals surface area contributed by atoms with Crippen LogP contribution in [0.4, 0.5) is 0 Å². The summed E-state index contributed by atoms with van der Waals surface area (Å²) in [5.41, 5.74) is 1.01. The van der Waals surface area contributed by atoms with Crippen molar-refractivity contribution in [2.45, 2.75) is 70.3 Å². The van der Waals surface area contributed by atoms with Gasteiger partial charge in [-0.1, -0.05) is 44.2 Å². The van der Waals surface area contributed by atoms with Crippen LogP contribution in [0.15, 0.2) is 24.3 Å². The van der Waals surface area contributed by atoms with E-state index in [-0.39, 0.29) is 24.5 Å². The minimum absolute atomic E-state index is 0.170. The van der Waals surface area contributed by atoms with Crippen LogP contribution in [-0.2, 0) is 20.7 Å². The molecule has 2 aromatic rings. The first-order valence-corrected chi connectivity index (χ1v) is 10.8. The number of benzene rings is 1. The fraction of sp³-hybridized carbons (Fsp3) is 0.571. The van der Waals surface area contributed by atoms with Crippen LogP contribution in [0.2, 0.25) is 0 Å². The highest BCUT2D eigenvalue weighted by molar-refractivity contribution is 7.18. The Morgan fingerprint density at radius 3 is 2.63 bits per heavy atom. The van der Waals surface area contributed by atoms with Crippen LogP contribution in [-0.4, -0.2) is 29.5 Å². The fourth-order valence-corrected chi connectivity index (χ4v) is 4.51. The second-order valence-corrected chi connectivity index (χ2v) is 8.31. The van der Waals surface area contributed by atoms with Crippen LogP contribution in [0.5, 0.6) is 0 Å². The first-order valence-electron chi connectivity index (χ1n) is 10.00. The van der Waals surface area contributed by atoms with E-state index in [2.05, 4.69) is 16.4 Å². The van der Waals surface area contributed by atoms with E-state index in [4.69, 9.17) is 4.74 Å². The van der Waals surface area contributed by atoms with Gasteiger partial charge in [-0.05, 0) is 37.8 Å². The Balaban J connectivity index is 1.32. The molecule has 0 aliphatic heterocycles. The highest BCUT2D eigenvalue weighted by atomic mass is 32.1. The Morgan fingerprint density at radius 2 is 1.85 bits per heavy atom. The van der Waals surface area contributed by atoms with Gasteiger partial charge in [-0.3, -0.25) is 9.59 Å². The van der Waals surface area contributed by atoms with Gasteiger partial charge in [-0.15, -0.1) is 11.3 Å². The first kappa shape index (κ1) is 19.8. The Labute approximate surface area is 164 Å². The molecule has 27 heavy (non-hydrogen) atoms. The van der Waals surface area contributed by atoms with Crippen molar-refractivity contribution in [2.24, 2.45) is 0 Å². The second-order valence-electron chi connectivity index (χ2n) is 7.20. The van der Waals surface area contributed by atoms with Gasteiger partial charge in [-0.25, -0.2) is 4.98 Å². The molecule has 0 saturated heterocycles. The number of nitrogens with one attached hydrogen (secondary N) is 1. The molecule has 1 aliphatic rings. The van der Waals surface area contributed by atoms with E-state index in [1.807, 2.05) is 18.2 Å². The lowest BCUT2D eigenvalue weighted by Gasteiger charge is -2.20. The molecule has 6 heteroatoms. The lowest BCUT2D eigenvalue weighted by molar-refractivity contribution is -0.148. The maximum Gasteiger partial charge on any atom is 0.306 e. The van der Waals surface area contributed by atoms with Gasteiger partial charge in [0.2, 0.25) is 0 Å². The van der Waals surface area contributed by atoms with Crippen molar-refractivity contribution in [1.82, 2.24) is 10.3 Å². The first-order chi connectivity index (χ1) is 13.2. The highest BCUT2D eigenvalue weighted by Crippen LogP contribution is 2.22. The summed E-state index contributed by atoms with van der Waals surface area (Å²) in [6.07, 6.45) is 9.93. The van der Waals surface area contributed by atoms with Gasteiger partial charge in [0.1, 0.15) is 0 Å². The van der Waals surface area contributed by atoms with E-state index in [0.29, 0.717) is 12.8 Å². The summed E-state index contributed by atoms with van der Waals surface area (Å²) in [4.78, 5) is 28.5. The predicted octanol–water partition coefficient (Wildman–Crippen LogP) is 4.39. The molecule has 5 nitrogen and oxygen atoms in total. The highest BCUT2D eigenvalue weighted by Gasteiger charge is 2.15. The van der Waals surface area contributed by atoms with Gasteiger partial charge in [0, 0.05) is 12.5 Å². The van der Waals surface area contributed by atoms with Crippen molar-refractivity contribution >= 4 is 33.4 Å². The van der Waals surface area contributed by atoms with Gasteiger partial charge in [-0.2, -0.15) is 0 Å². The summed E-state index contributed by atoms with van der Waals surface area (Å²) in [6.45, 7) is -0.170. The smallest absolute Gasteiger partial charge is 0.306 e. The van der Waals surface area contributed by atoms with Crippen molar-refractivity contribution in [1.29, 1.82) is 0 Å². The van der Waals surface area contributed by atoms with Crippen LogP contribution in [0.1, 0.15) is 62.8 Å². The third-order valence-electron chi connectivity index (χ3n) is 4.94. The maximum atomic E-state index is 12.0. The molecular weight excluding hydrogens is 360 g/mol. The number of carbonyl (C=O) groups is 2. The molecule has 0 spiro atoms. The number of fused-ring (bicyclic) bond motifs is 1. The number of rotatable bonds is 7. The zero-order valence-corrected chi connectivity index (χ0v) is 16.6. The van der Waals surface area contributed by atoms with E-state index in [0.717, 1.165) is 42.6 Å². The standard InChI is InChI=1S/C21H28N2O3S/c24-19(22-16-9-4-2-1-3-5-10-16)15-26-21(25)14-8-13-20-23-17-11-6-7-12-18(17)27-20/h6-7,11-12,16H,1-5,8-10,13-15H2,(H,22,24). The molecule has 3 rings (SSSR count). The number of nitrogens with zero attached hydrogens (tertiary/aromatic N) is 1. The Morgan fingerprint density at radius 1 is 1.11 bits per heavy atom. The van der Waals surface area contributed by atoms with Crippen LogP contribution in [0, 0.1) is 0 Å². The summed E-state index contributed by atoms with van der Waals surface area (Å²) in [5, 5.41) is 4.05. The van der Waals surface area contributed by atoms with Crippen LogP contribution >= 0.6 is 11.3 Å². The van der Waals surface area contributed by atoms with E-state index >= 15 is 0 Å². The number of amides is 1. The Hall–Kier alpha value is -1.95. The van der Waals surface area contributed by atoms with Gasteiger partial charge in [0.25, 0.3) is 5.91 Å². The van der Waals surface area contributed by atoms with E-state index in [1.165, 1.54) is 24.0 Å². The molecule has 1 aromatic carbocycles. The van der Waals surface area contributed by atoms with Crippen LogP contribution in [0.25, 0.3) is 10.2 Å². The third-order valence-corrected chi connectivity index (χ3v) is 6.04. The minimum atomic E-state index is -0.316. The van der Waals surface area contributed by atoms with Crippen molar-refractivity contribution < 1.29 is 14.3 Å². The van der Waals surface area contributed by atoms with Crippen molar-refractivity contribution in [3.8, 4) is 0 Å². The predicted molar refractivity (Wildman–Crippen MR) is 108 cm³/mol. The lowest BCUT2D eigenvalue weighted by Crippen LogP contribution is -2.38. The number of esters is 1. The van der Waals surface area contributed by atoms with Gasteiger partial charge in [0.05, 0.1) is 15.2 Å². The van der Waals surface area contributed by atoms with Gasteiger partial charge in [0.15, 0.2) is 6.61 Å². The molecule has 0 radical (unpaired) electrons. The van der Waals surface area contributed by atoms with Gasteiger partial charge < -0.3 is 10.1 Å². The number of aryl methyl sites for hydroxylation is 1. The molecule has 0 atom stereocenters. The summed E-state index contributed by atoms with van der Waals surface area (Å²) < 4.78 is 6.30. The number of ether oxygens (including phenoxy) is 1. The molecular formula is C21H28N2O3S. The zero-order valence-electron chi connectivity index (χ0n) is 15.7. The SMILES string of the molecule is O=C(COC(=O)CCCc1nc2ccccc2s1)NC1CCCCCCC1. The maximum absolute atomic E-state index is 12.0. The summed E-state index contributed by atoms with van der Waals surface area (Å²) in [5.74, 6) is -0.496. The lowest BCUT2D eigenvalue weighted by atomic mass is 9.97. The molecule has 1 saturated carbocycles. The molecule has 146 valence electrons. The van der Waals surface area contributed by atoms with E-state index in [1.54, 1.807) is 11.3 Å². The van der Waals surface area contributed by atoms with Crippen molar-refractivity contribution in [3.05, 3.63) is 29.3 Å². The number of aromatic nitrogens is 1.